The van der Waals surface area contributed by atoms with Gasteiger partial charge in [-0.1, -0.05) is 0 Å². The molecular weight excluding hydrogens is 272 g/mol. The van der Waals surface area contributed by atoms with Crippen molar-refractivity contribution in [3.05, 3.63) is 10.4 Å². The van der Waals surface area contributed by atoms with E-state index in [-0.39, 0.29) is 5.91 Å². The summed E-state index contributed by atoms with van der Waals surface area (Å²) in [6.07, 6.45) is 2.41. The minimum Gasteiger partial charge on any atom is -0.397 e. The van der Waals surface area contributed by atoms with Crippen molar-refractivity contribution >= 4 is 27.9 Å². The zero-order valence-electron chi connectivity index (χ0n) is 12.1. The number of nitrogens with one attached hydrogen (secondary N) is 1. The molecule has 6 heteroatoms. The first-order valence-electron chi connectivity index (χ1n) is 7.19. The van der Waals surface area contributed by atoms with Crippen LogP contribution >= 0.6 is 11.3 Å². The summed E-state index contributed by atoms with van der Waals surface area (Å²) in [5, 5.41) is 3.93. The number of carbonyl (C=O) groups excluding carboxylic acids is 1. The van der Waals surface area contributed by atoms with E-state index in [0.717, 1.165) is 26.2 Å². The molecule has 1 saturated carbocycles. The molecule has 0 unspecified atom stereocenters. The van der Waals surface area contributed by atoms with Gasteiger partial charge < -0.3 is 20.9 Å². The van der Waals surface area contributed by atoms with Crippen molar-refractivity contribution in [3.63, 3.8) is 0 Å². The fraction of sp³-hybridized carbons (Fsp3) is 0.643. The van der Waals surface area contributed by atoms with Crippen LogP contribution in [0.4, 0.5) is 10.7 Å². The lowest BCUT2D eigenvalue weighted by molar-refractivity contribution is 0.0968. The van der Waals surface area contributed by atoms with E-state index in [4.69, 9.17) is 5.73 Å². The van der Waals surface area contributed by atoms with E-state index in [9.17, 15) is 4.79 Å². The molecule has 3 N–H and O–H groups in total. The number of nitrogens with two attached hydrogens (primary N) is 1. The standard InChI is InChI=1S/C14H22N4OS/c1-16-13(19)12-11(15)10(9-3-4-9)14(20-12)18-7-5-17(2)6-8-18/h9H,3-8,15H2,1-2H3,(H,16,19). The molecule has 3 rings (SSSR count). The maximum atomic E-state index is 12.0. The average molecular weight is 294 g/mol. The van der Waals surface area contributed by atoms with Crippen LogP contribution in [0, 0.1) is 0 Å². The van der Waals surface area contributed by atoms with Crippen molar-refractivity contribution in [2.45, 2.75) is 18.8 Å². The van der Waals surface area contributed by atoms with Gasteiger partial charge in [0.15, 0.2) is 0 Å². The van der Waals surface area contributed by atoms with Gasteiger partial charge in [0.25, 0.3) is 5.91 Å². The number of nitrogen functional groups attached to an aromatic ring is 1. The van der Waals surface area contributed by atoms with Crippen LogP contribution in [0.25, 0.3) is 0 Å². The summed E-state index contributed by atoms with van der Waals surface area (Å²) in [6, 6.07) is 0. The highest BCUT2D eigenvalue weighted by atomic mass is 32.1. The van der Waals surface area contributed by atoms with Crippen molar-refractivity contribution < 1.29 is 4.79 Å². The van der Waals surface area contributed by atoms with Crippen LogP contribution in [0.1, 0.15) is 34.0 Å². The van der Waals surface area contributed by atoms with Crippen LogP contribution in [0.5, 0.6) is 0 Å². The summed E-state index contributed by atoms with van der Waals surface area (Å²) >= 11 is 1.57. The summed E-state index contributed by atoms with van der Waals surface area (Å²) in [5.74, 6) is 0.508. The lowest BCUT2D eigenvalue weighted by Crippen LogP contribution is -2.44. The molecule has 1 aromatic rings. The number of thiophene rings is 1. The lowest BCUT2D eigenvalue weighted by atomic mass is 10.1. The van der Waals surface area contributed by atoms with Gasteiger partial charge in [0, 0.05) is 38.8 Å². The summed E-state index contributed by atoms with van der Waals surface area (Å²) in [4.78, 5) is 17.4. The molecule has 0 radical (unpaired) electrons. The van der Waals surface area contributed by atoms with E-state index >= 15 is 0 Å². The number of rotatable bonds is 3. The Morgan fingerprint density at radius 2 is 1.95 bits per heavy atom. The second-order valence-electron chi connectivity index (χ2n) is 5.71. The molecule has 2 heterocycles. The Bertz CT molecular complexity index is 515. The highest BCUT2D eigenvalue weighted by Crippen LogP contribution is 2.52. The lowest BCUT2D eigenvalue weighted by Gasteiger charge is -2.33. The van der Waals surface area contributed by atoms with E-state index in [2.05, 4.69) is 22.2 Å². The predicted octanol–water partition coefficient (Wildman–Crippen LogP) is 1.32. The van der Waals surface area contributed by atoms with E-state index in [0.29, 0.717) is 16.5 Å². The van der Waals surface area contributed by atoms with Gasteiger partial charge in [-0.2, -0.15) is 0 Å². The van der Waals surface area contributed by atoms with E-state index < -0.39 is 0 Å². The molecule has 1 amide bonds. The first-order valence-corrected chi connectivity index (χ1v) is 8.01. The van der Waals surface area contributed by atoms with E-state index in [1.807, 2.05) is 0 Å². The van der Waals surface area contributed by atoms with Gasteiger partial charge >= 0.3 is 0 Å². The van der Waals surface area contributed by atoms with Gasteiger partial charge in [0.1, 0.15) is 4.88 Å². The van der Waals surface area contributed by atoms with Crippen LogP contribution in [-0.4, -0.2) is 51.1 Å². The van der Waals surface area contributed by atoms with Crippen molar-refractivity contribution in [1.82, 2.24) is 10.2 Å². The average Bonchev–Trinajstić information content (AvgIpc) is 3.22. The third kappa shape index (κ3) is 2.38. The first kappa shape index (κ1) is 13.7. The predicted molar refractivity (Wildman–Crippen MR) is 83.8 cm³/mol. The van der Waals surface area contributed by atoms with Crippen molar-refractivity contribution in [2.24, 2.45) is 0 Å². The fourth-order valence-electron chi connectivity index (χ4n) is 2.74. The van der Waals surface area contributed by atoms with E-state index in [1.54, 1.807) is 18.4 Å². The molecule has 0 aromatic carbocycles. The molecule has 20 heavy (non-hydrogen) atoms. The molecule has 0 atom stereocenters. The Morgan fingerprint density at radius 1 is 1.30 bits per heavy atom. The summed E-state index contributed by atoms with van der Waals surface area (Å²) in [7, 11) is 3.81. The molecular formula is C14H22N4OS. The number of piperazine rings is 1. The number of hydrogen-bond acceptors (Lipinski definition) is 5. The maximum Gasteiger partial charge on any atom is 0.263 e. The molecule has 2 aliphatic rings. The second kappa shape index (κ2) is 5.26. The minimum absolute atomic E-state index is 0.0604. The normalized spacial score (nSPS) is 20.2. The summed E-state index contributed by atoms with van der Waals surface area (Å²) in [6.45, 7) is 4.17. The van der Waals surface area contributed by atoms with Crippen LogP contribution in [0.3, 0.4) is 0 Å². The highest BCUT2D eigenvalue weighted by molar-refractivity contribution is 7.18. The number of anilines is 2. The quantitative estimate of drug-likeness (QED) is 0.882. The van der Waals surface area contributed by atoms with Crippen LogP contribution in [0.15, 0.2) is 0 Å². The topological polar surface area (TPSA) is 61.6 Å². The van der Waals surface area contributed by atoms with Gasteiger partial charge in [-0.25, -0.2) is 0 Å². The van der Waals surface area contributed by atoms with Gasteiger partial charge in [-0.15, -0.1) is 11.3 Å². The SMILES string of the molecule is CNC(=O)c1sc(N2CCN(C)CC2)c(C2CC2)c1N. The Kier molecular flexibility index (Phi) is 3.60. The number of nitrogens with zero attached hydrogens (tertiary/aromatic N) is 2. The van der Waals surface area contributed by atoms with Crippen LogP contribution < -0.4 is 16.0 Å². The molecule has 110 valence electrons. The molecule has 1 aliphatic heterocycles. The third-order valence-electron chi connectivity index (χ3n) is 4.17. The summed E-state index contributed by atoms with van der Waals surface area (Å²) in [5.41, 5.74) is 8.22. The second-order valence-corrected chi connectivity index (χ2v) is 6.71. The van der Waals surface area contributed by atoms with Crippen molar-refractivity contribution in [2.75, 3.05) is 50.9 Å². The van der Waals surface area contributed by atoms with Crippen molar-refractivity contribution in [1.29, 1.82) is 0 Å². The van der Waals surface area contributed by atoms with Crippen LogP contribution in [0.2, 0.25) is 0 Å². The van der Waals surface area contributed by atoms with Gasteiger partial charge in [0.05, 0.1) is 10.7 Å². The van der Waals surface area contributed by atoms with Crippen molar-refractivity contribution in [3.8, 4) is 0 Å². The molecule has 0 bridgehead atoms. The number of likely N-dealkylation sites (N-methyl/N-ethyl adjacent to an activating group) is 1. The Morgan fingerprint density at radius 3 is 2.50 bits per heavy atom. The minimum atomic E-state index is -0.0604. The smallest absolute Gasteiger partial charge is 0.263 e. The zero-order chi connectivity index (χ0) is 14.3. The first-order chi connectivity index (χ1) is 9.61. The van der Waals surface area contributed by atoms with E-state index in [1.165, 1.54) is 23.4 Å². The Labute approximate surface area is 123 Å². The Balaban J connectivity index is 1.94. The third-order valence-corrected chi connectivity index (χ3v) is 5.45. The number of carbonyl (C=O) groups is 1. The highest BCUT2D eigenvalue weighted by Gasteiger charge is 2.34. The van der Waals surface area contributed by atoms with Crippen LogP contribution in [-0.2, 0) is 0 Å². The Hall–Kier alpha value is -1.27. The van der Waals surface area contributed by atoms with Gasteiger partial charge in [-0.05, 0) is 25.8 Å². The van der Waals surface area contributed by atoms with Gasteiger partial charge in [0.2, 0.25) is 0 Å². The maximum absolute atomic E-state index is 12.0. The molecule has 5 nitrogen and oxygen atoms in total. The summed E-state index contributed by atoms with van der Waals surface area (Å²) < 4.78 is 0. The molecule has 1 aromatic heterocycles. The largest absolute Gasteiger partial charge is 0.397 e. The van der Waals surface area contributed by atoms with Gasteiger partial charge in [-0.3, -0.25) is 4.79 Å². The molecule has 1 saturated heterocycles. The molecule has 1 aliphatic carbocycles. The molecule has 0 spiro atoms. The zero-order valence-corrected chi connectivity index (χ0v) is 12.9. The number of amides is 1. The monoisotopic (exact) mass is 294 g/mol. The molecule has 2 fully saturated rings. The number of hydrogen-bond donors (Lipinski definition) is 2. The fourth-order valence-corrected chi connectivity index (χ4v) is 4.04.